The van der Waals surface area contributed by atoms with Gasteiger partial charge in [0, 0.05) is 0 Å². The molecule has 0 atom stereocenters. The summed E-state index contributed by atoms with van der Waals surface area (Å²) in [6, 6.07) is 0. The molecule has 0 spiro atoms. The van der Waals surface area contributed by atoms with E-state index in [0.29, 0.717) is 11.7 Å². The SMILES string of the molecule is CCN(C)CC(=O)Nc1nncs1. The van der Waals surface area contributed by atoms with Gasteiger partial charge in [0.25, 0.3) is 0 Å². The first-order valence-corrected chi connectivity index (χ1v) is 4.85. The van der Waals surface area contributed by atoms with Crippen molar-refractivity contribution in [3.63, 3.8) is 0 Å². The van der Waals surface area contributed by atoms with Crippen LogP contribution in [0.5, 0.6) is 0 Å². The number of aromatic nitrogens is 2. The molecule has 0 saturated carbocycles. The fourth-order valence-electron chi connectivity index (χ4n) is 0.743. The second kappa shape index (κ2) is 4.88. The van der Waals surface area contributed by atoms with Gasteiger partial charge in [-0.15, -0.1) is 10.2 Å². The van der Waals surface area contributed by atoms with Crippen LogP contribution in [0.4, 0.5) is 5.13 Å². The maximum atomic E-state index is 11.3. The van der Waals surface area contributed by atoms with Crippen molar-refractivity contribution in [1.82, 2.24) is 15.1 Å². The Kier molecular flexibility index (Phi) is 3.78. The van der Waals surface area contributed by atoms with Gasteiger partial charge in [-0.2, -0.15) is 0 Å². The second-order valence-corrected chi connectivity index (χ2v) is 3.46. The van der Waals surface area contributed by atoms with Crippen LogP contribution in [0.2, 0.25) is 0 Å². The molecule has 0 fully saturated rings. The predicted molar refractivity (Wildman–Crippen MR) is 51.7 cm³/mol. The fourth-order valence-corrected chi connectivity index (χ4v) is 1.20. The highest BCUT2D eigenvalue weighted by Crippen LogP contribution is 2.07. The molecule has 0 aliphatic heterocycles. The molecule has 6 heteroatoms. The van der Waals surface area contributed by atoms with Crippen LogP contribution >= 0.6 is 11.3 Å². The van der Waals surface area contributed by atoms with Crippen LogP contribution in [-0.2, 0) is 4.79 Å². The summed E-state index contributed by atoms with van der Waals surface area (Å²) in [7, 11) is 1.89. The molecule has 1 heterocycles. The van der Waals surface area contributed by atoms with Gasteiger partial charge >= 0.3 is 0 Å². The van der Waals surface area contributed by atoms with Crippen LogP contribution in [0.15, 0.2) is 5.51 Å². The molecule has 0 aliphatic rings. The molecule has 1 aromatic rings. The zero-order valence-corrected chi connectivity index (χ0v) is 8.47. The van der Waals surface area contributed by atoms with Crippen molar-refractivity contribution in [2.45, 2.75) is 6.92 Å². The molecule has 5 nitrogen and oxygen atoms in total. The summed E-state index contributed by atoms with van der Waals surface area (Å²) >= 11 is 1.31. The second-order valence-electron chi connectivity index (χ2n) is 2.62. The maximum absolute atomic E-state index is 11.3. The van der Waals surface area contributed by atoms with E-state index in [1.54, 1.807) is 5.51 Å². The van der Waals surface area contributed by atoms with E-state index in [4.69, 9.17) is 0 Å². The van der Waals surface area contributed by atoms with Crippen LogP contribution in [0.25, 0.3) is 0 Å². The van der Waals surface area contributed by atoms with E-state index in [-0.39, 0.29) is 5.91 Å². The van der Waals surface area contributed by atoms with Crippen LogP contribution in [0, 0.1) is 0 Å². The maximum Gasteiger partial charge on any atom is 0.240 e. The average molecular weight is 200 g/mol. The Morgan fingerprint density at radius 3 is 3.08 bits per heavy atom. The highest BCUT2D eigenvalue weighted by molar-refractivity contribution is 7.13. The van der Waals surface area contributed by atoms with E-state index in [2.05, 4.69) is 15.5 Å². The number of hydrogen-bond donors (Lipinski definition) is 1. The summed E-state index contributed by atoms with van der Waals surface area (Å²) in [5, 5.41) is 10.5. The van der Waals surface area contributed by atoms with Gasteiger partial charge in [0.2, 0.25) is 11.0 Å². The lowest BCUT2D eigenvalue weighted by Gasteiger charge is -2.11. The fraction of sp³-hybridized carbons (Fsp3) is 0.571. The molecule has 1 amide bonds. The summed E-state index contributed by atoms with van der Waals surface area (Å²) in [6.45, 7) is 3.23. The van der Waals surface area contributed by atoms with Gasteiger partial charge in [0.15, 0.2) is 0 Å². The number of carbonyl (C=O) groups excluding carboxylic acids is 1. The van der Waals surface area contributed by atoms with Crippen molar-refractivity contribution in [2.24, 2.45) is 0 Å². The predicted octanol–water partition coefficient (Wildman–Crippen LogP) is 0.428. The zero-order valence-electron chi connectivity index (χ0n) is 7.65. The number of likely N-dealkylation sites (N-methyl/N-ethyl adjacent to an activating group) is 1. The van der Waals surface area contributed by atoms with Crippen LogP contribution in [-0.4, -0.2) is 41.1 Å². The molecular formula is C7H12N4OS. The first-order chi connectivity index (χ1) is 6.22. The van der Waals surface area contributed by atoms with Gasteiger partial charge in [-0.1, -0.05) is 18.3 Å². The Balaban J connectivity index is 2.34. The van der Waals surface area contributed by atoms with Gasteiger partial charge in [-0.25, -0.2) is 0 Å². The highest BCUT2D eigenvalue weighted by Gasteiger charge is 2.06. The van der Waals surface area contributed by atoms with Crippen molar-refractivity contribution >= 4 is 22.4 Å². The third kappa shape index (κ3) is 3.47. The summed E-state index contributed by atoms with van der Waals surface area (Å²) in [4.78, 5) is 13.2. The number of nitrogens with zero attached hydrogens (tertiary/aromatic N) is 3. The Morgan fingerprint density at radius 2 is 2.54 bits per heavy atom. The molecule has 1 aromatic heterocycles. The lowest BCUT2D eigenvalue weighted by molar-refractivity contribution is -0.117. The third-order valence-corrected chi connectivity index (χ3v) is 2.17. The van der Waals surface area contributed by atoms with Crippen LogP contribution in [0.3, 0.4) is 0 Å². The molecule has 0 aliphatic carbocycles. The topological polar surface area (TPSA) is 58.1 Å². The molecule has 0 aromatic carbocycles. The summed E-state index contributed by atoms with van der Waals surface area (Å²) < 4.78 is 0. The van der Waals surface area contributed by atoms with Crippen LogP contribution < -0.4 is 5.32 Å². The van der Waals surface area contributed by atoms with Gasteiger partial charge in [-0.05, 0) is 13.6 Å². The van der Waals surface area contributed by atoms with Crippen molar-refractivity contribution in [3.05, 3.63) is 5.51 Å². The van der Waals surface area contributed by atoms with Crippen molar-refractivity contribution in [2.75, 3.05) is 25.5 Å². The van der Waals surface area contributed by atoms with E-state index < -0.39 is 0 Å². The molecule has 13 heavy (non-hydrogen) atoms. The van der Waals surface area contributed by atoms with E-state index in [9.17, 15) is 4.79 Å². The number of amides is 1. The molecule has 1 N–H and O–H groups in total. The van der Waals surface area contributed by atoms with E-state index >= 15 is 0 Å². The average Bonchev–Trinajstić information content (AvgIpc) is 2.56. The quantitative estimate of drug-likeness (QED) is 0.765. The van der Waals surface area contributed by atoms with Crippen LogP contribution in [0.1, 0.15) is 6.92 Å². The molecule has 72 valence electrons. The van der Waals surface area contributed by atoms with Gasteiger partial charge in [-0.3, -0.25) is 15.0 Å². The minimum Gasteiger partial charge on any atom is -0.299 e. The lowest BCUT2D eigenvalue weighted by atomic mass is 10.5. The van der Waals surface area contributed by atoms with Gasteiger partial charge in [0.1, 0.15) is 5.51 Å². The first-order valence-electron chi connectivity index (χ1n) is 3.97. The molecular weight excluding hydrogens is 188 g/mol. The largest absolute Gasteiger partial charge is 0.299 e. The minimum atomic E-state index is -0.0545. The van der Waals surface area contributed by atoms with Crippen molar-refractivity contribution in [3.8, 4) is 0 Å². The number of rotatable bonds is 4. The summed E-state index contributed by atoms with van der Waals surface area (Å²) in [5.74, 6) is -0.0545. The highest BCUT2D eigenvalue weighted by atomic mass is 32.1. The van der Waals surface area contributed by atoms with Crippen molar-refractivity contribution in [1.29, 1.82) is 0 Å². The number of anilines is 1. The van der Waals surface area contributed by atoms with E-state index in [0.717, 1.165) is 6.54 Å². The molecule has 0 unspecified atom stereocenters. The lowest BCUT2D eigenvalue weighted by Crippen LogP contribution is -2.29. The Morgan fingerprint density at radius 1 is 1.77 bits per heavy atom. The molecule has 0 saturated heterocycles. The van der Waals surface area contributed by atoms with E-state index in [1.807, 2.05) is 18.9 Å². The Labute approximate surface area is 80.8 Å². The zero-order chi connectivity index (χ0) is 9.68. The number of hydrogen-bond acceptors (Lipinski definition) is 5. The smallest absolute Gasteiger partial charge is 0.240 e. The molecule has 1 rings (SSSR count). The minimum absolute atomic E-state index is 0.0545. The molecule has 0 radical (unpaired) electrons. The molecule has 0 bridgehead atoms. The summed E-state index contributed by atoms with van der Waals surface area (Å²) in [5.41, 5.74) is 1.58. The van der Waals surface area contributed by atoms with Crippen molar-refractivity contribution < 1.29 is 4.79 Å². The standard InChI is InChI=1S/C7H12N4OS/c1-3-11(2)4-6(12)9-7-10-8-5-13-7/h5H,3-4H2,1-2H3,(H,9,10,12). The normalized spacial score (nSPS) is 10.4. The Hall–Kier alpha value is -1.01. The van der Waals surface area contributed by atoms with Gasteiger partial charge < -0.3 is 0 Å². The number of carbonyl (C=O) groups is 1. The van der Waals surface area contributed by atoms with E-state index in [1.165, 1.54) is 11.3 Å². The Bertz CT molecular complexity index is 261. The monoisotopic (exact) mass is 200 g/mol. The summed E-state index contributed by atoms with van der Waals surface area (Å²) in [6.07, 6.45) is 0. The first kappa shape index (κ1) is 10.1. The van der Waals surface area contributed by atoms with Gasteiger partial charge in [0.05, 0.1) is 6.54 Å². The number of nitrogens with one attached hydrogen (secondary N) is 1. The third-order valence-electron chi connectivity index (χ3n) is 1.56.